The number of amides is 1. The minimum atomic E-state index is -0.150. The van der Waals surface area contributed by atoms with Gasteiger partial charge in [-0.1, -0.05) is 41.7 Å². The number of hydrogen-bond acceptors (Lipinski definition) is 4. The van der Waals surface area contributed by atoms with Crippen molar-refractivity contribution < 1.29 is 9.53 Å². The second-order valence-electron chi connectivity index (χ2n) is 5.27. The molecule has 0 saturated heterocycles. The number of ether oxygens (including phenoxy) is 1. The summed E-state index contributed by atoms with van der Waals surface area (Å²) in [7, 11) is 0. The van der Waals surface area contributed by atoms with Crippen LogP contribution in [0.1, 0.15) is 19.4 Å². The van der Waals surface area contributed by atoms with E-state index in [1.165, 1.54) is 11.3 Å². The third-order valence-corrected chi connectivity index (χ3v) is 4.37. The maximum absolute atomic E-state index is 12.3. The molecular weight excluding hydrogens is 320 g/mol. The van der Waals surface area contributed by atoms with E-state index in [1.807, 2.05) is 61.5 Å². The topological polar surface area (TPSA) is 51.2 Å². The third-order valence-electron chi connectivity index (χ3n) is 3.43. The molecule has 1 N–H and O–H groups in total. The highest BCUT2D eigenvalue weighted by Crippen LogP contribution is 2.29. The van der Waals surface area contributed by atoms with E-state index in [9.17, 15) is 4.79 Å². The van der Waals surface area contributed by atoms with Crippen molar-refractivity contribution in [2.75, 3.05) is 11.9 Å². The number of carbonyl (C=O) groups excluding carboxylic acids is 1. The molecule has 4 nitrogen and oxygen atoms in total. The van der Waals surface area contributed by atoms with Crippen molar-refractivity contribution >= 4 is 38.7 Å². The van der Waals surface area contributed by atoms with Crippen LogP contribution in [0.2, 0.25) is 0 Å². The van der Waals surface area contributed by atoms with Crippen LogP contribution in [0.15, 0.2) is 54.1 Å². The number of hydrogen-bond donors (Lipinski definition) is 1. The first kappa shape index (κ1) is 16.2. The Morgan fingerprint density at radius 2 is 2.04 bits per heavy atom. The molecule has 0 spiro atoms. The number of anilines is 1. The lowest BCUT2D eigenvalue weighted by atomic mass is 10.1. The Hall–Kier alpha value is -2.66. The van der Waals surface area contributed by atoms with Crippen molar-refractivity contribution in [3.63, 3.8) is 0 Å². The summed E-state index contributed by atoms with van der Waals surface area (Å²) in [5.41, 5.74) is 2.48. The molecule has 0 bridgehead atoms. The number of thiazole rings is 1. The SMILES string of the molecule is CCOc1ccc2nc(NC(=O)/C(C)=C/c3ccccc3)sc2c1. The Morgan fingerprint density at radius 1 is 1.25 bits per heavy atom. The van der Waals surface area contributed by atoms with Crippen LogP contribution in [0.5, 0.6) is 5.75 Å². The normalized spacial score (nSPS) is 11.5. The molecule has 1 amide bonds. The van der Waals surface area contributed by atoms with Gasteiger partial charge in [0.05, 0.1) is 16.8 Å². The van der Waals surface area contributed by atoms with Crippen LogP contribution in [0.4, 0.5) is 5.13 Å². The zero-order chi connectivity index (χ0) is 16.9. The standard InChI is InChI=1S/C19H18N2O2S/c1-3-23-15-9-10-16-17(12-15)24-19(20-16)21-18(22)13(2)11-14-7-5-4-6-8-14/h4-12H,3H2,1-2H3,(H,20,21,22)/b13-11+. The maximum atomic E-state index is 12.3. The summed E-state index contributed by atoms with van der Waals surface area (Å²) in [6, 6.07) is 15.5. The van der Waals surface area contributed by atoms with Crippen molar-refractivity contribution in [1.82, 2.24) is 4.98 Å². The summed E-state index contributed by atoms with van der Waals surface area (Å²) >= 11 is 1.44. The molecule has 0 aliphatic rings. The Kier molecular flexibility index (Phi) is 4.91. The smallest absolute Gasteiger partial charge is 0.253 e. The molecule has 24 heavy (non-hydrogen) atoms. The lowest BCUT2D eigenvalue weighted by Gasteiger charge is -2.01. The van der Waals surface area contributed by atoms with Crippen LogP contribution in [-0.4, -0.2) is 17.5 Å². The molecule has 3 aromatic rings. The van der Waals surface area contributed by atoms with Gasteiger partial charge in [-0.25, -0.2) is 4.98 Å². The molecule has 1 heterocycles. The van der Waals surface area contributed by atoms with Crippen LogP contribution in [0.25, 0.3) is 16.3 Å². The molecule has 0 aliphatic heterocycles. The number of rotatable bonds is 5. The van der Waals surface area contributed by atoms with Gasteiger partial charge in [0.1, 0.15) is 5.75 Å². The summed E-state index contributed by atoms with van der Waals surface area (Å²) in [6.07, 6.45) is 1.86. The molecule has 122 valence electrons. The van der Waals surface area contributed by atoms with Crippen molar-refractivity contribution in [3.05, 3.63) is 59.7 Å². The average Bonchev–Trinajstić information content (AvgIpc) is 2.97. The average molecular weight is 338 g/mol. The van der Waals surface area contributed by atoms with E-state index in [0.29, 0.717) is 17.3 Å². The van der Waals surface area contributed by atoms with Gasteiger partial charge in [0.2, 0.25) is 0 Å². The predicted molar refractivity (Wildman–Crippen MR) is 99.5 cm³/mol. The molecule has 3 rings (SSSR count). The van der Waals surface area contributed by atoms with Gasteiger partial charge in [-0.3, -0.25) is 10.1 Å². The fourth-order valence-corrected chi connectivity index (χ4v) is 3.16. The first-order valence-corrected chi connectivity index (χ1v) is 8.55. The molecule has 5 heteroatoms. The molecule has 0 fully saturated rings. The number of benzene rings is 2. The van der Waals surface area contributed by atoms with E-state index in [0.717, 1.165) is 21.5 Å². The molecular formula is C19H18N2O2S. The molecule has 0 saturated carbocycles. The summed E-state index contributed by atoms with van der Waals surface area (Å²) in [4.78, 5) is 16.8. The molecule has 1 aromatic heterocycles. The fraction of sp³-hybridized carbons (Fsp3) is 0.158. The highest BCUT2D eigenvalue weighted by molar-refractivity contribution is 7.22. The van der Waals surface area contributed by atoms with Crippen LogP contribution in [0.3, 0.4) is 0 Å². The lowest BCUT2D eigenvalue weighted by Crippen LogP contribution is -2.12. The molecule has 0 aliphatic carbocycles. The van der Waals surface area contributed by atoms with Gasteiger partial charge in [-0.15, -0.1) is 0 Å². The van der Waals surface area contributed by atoms with E-state index < -0.39 is 0 Å². The zero-order valence-corrected chi connectivity index (χ0v) is 14.4. The van der Waals surface area contributed by atoms with E-state index in [4.69, 9.17) is 4.74 Å². The second-order valence-corrected chi connectivity index (χ2v) is 6.30. The molecule has 0 radical (unpaired) electrons. The molecule has 2 aromatic carbocycles. The molecule has 0 unspecified atom stereocenters. The number of carbonyl (C=O) groups is 1. The predicted octanol–water partition coefficient (Wildman–Crippen LogP) is 4.74. The van der Waals surface area contributed by atoms with Crippen molar-refractivity contribution in [2.24, 2.45) is 0 Å². The van der Waals surface area contributed by atoms with Gasteiger partial charge >= 0.3 is 0 Å². The highest BCUT2D eigenvalue weighted by atomic mass is 32.1. The first-order chi connectivity index (χ1) is 11.7. The number of aromatic nitrogens is 1. The van der Waals surface area contributed by atoms with Crippen molar-refractivity contribution in [1.29, 1.82) is 0 Å². The van der Waals surface area contributed by atoms with Crippen molar-refractivity contribution in [2.45, 2.75) is 13.8 Å². The van der Waals surface area contributed by atoms with Gasteiger partial charge in [-0.05, 0) is 43.7 Å². The van der Waals surface area contributed by atoms with Gasteiger partial charge in [0.25, 0.3) is 5.91 Å². The second kappa shape index (κ2) is 7.27. The summed E-state index contributed by atoms with van der Waals surface area (Å²) in [5, 5.41) is 3.45. The highest BCUT2D eigenvalue weighted by Gasteiger charge is 2.10. The first-order valence-electron chi connectivity index (χ1n) is 7.74. The van der Waals surface area contributed by atoms with E-state index in [1.54, 1.807) is 6.92 Å². The summed E-state index contributed by atoms with van der Waals surface area (Å²) in [6.45, 7) is 4.37. The van der Waals surface area contributed by atoms with E-state index >= 15 is 0 Å². The Balaban J connectivity index is 1.76. The van der Waals surface area contributed by atoms with Gasteiger partial charge < -0.3 is 4.74 Å². The maximum Gasteiger partial charge on any atom is 0.253 e. The molecule has 0 atom stereocenters. The van der Waals surface area contributed by atoms with Crippen LogP contribution in [0, 0.1) is 0 Å². The van der Waals surface area contributed by atoms with Crippen LogP contribution >= 0.6 is 11.3 Å². The number of fused-ring (bicyclic) bond motifs is 1. The van der Waals surface area contributed by atoms with Gasteiger partial charge in [-0.2, -0.15) is 0 Å². The third kappa shape index (κ3) is 3.81. The van der Waals surface area contributed by atoms with Crippen LogP contribution in [-0.2, 0) is 4.79 Å². The van der Waals surface area contributed by atoms with Gasteiger partial charge in [0.15, 0.2) is 5.13 Å². The quantitative estimate of drug-likeness (QED) is 0.684. The van der Waals surface area contributed by atoms with E-state index in [2.05, 4.69) is 10.3 Å². The Labute approximate surface area is 144 Å². The van der Waals surface area contributed by atoms with Gasteiger partial charge in [0, 0.05) is 5.57 Å². The summed E-state index contributed by atoms with van der Waals surface area (Å²) in [5.74, 6) is 0.662. The van der Waals surface area contributed by atoms with Crippen LogP contribution < -0.4 is 10.1 Å². The van der Waals surface area contributed by atoms with E-state index in [-0.39, 0.29) is 5.91 Å². The van der Waals surface area contributed by atoms with Crippen molar-refractivity contribution in [3.8, 4) is 5.75 Å². The fourth-order valence-electron chi connectivity index (χ4n) is 2.28. The Bertz CT molecular complexity index is 885. The number of nitrogens with zero attached hydrogens (tertiary/aromatic N) is 1. The number of nitrogens with one attached hydrogen (secondary N) is 1. The monoisotopic (exact) mass is 338 g/mol. The minimum absolute atomic E-state index is 0.150. The largest absolute Gasteiger partial charge is 0.494 e. The summed E-state index contributed by atoms with van der Waals surface area (Å²) < 4.78 is 6.48. The zero-order valence-electron chi connectivity index (χ0n) is 13.6. The lowest BCUT2D eigenvalue weighted by molar-refractivity contribution is -0.112. The Morgan fingerprint density at radius 3 is 2.79 bits per heavy atom. The minimum Gasteiger partial charge on any atom is -0.494 e.